The molecular formula is C21H24N4O5. The molecule has 30 heavy (non-hydrogen) atoms. The number of nitro benzene ring substituents is 1. The second-order valence-electron chi connectivity index (χ2n) is 7.48. The molecule has 2 heterocycles. The summed E-state index contributed by atoms with van der Waals surface area (Å²) in [6.07, 6.45) is 5.50. The van der Waals surface area contributed by atoms with Gasteiger partial charge in [-0.3, -0.25) is 24.5 Å². The summed E-state index contributed by atoms with van der Waals surface area (Å²) in [5.74, 6) is -0.844. The Kier molecular flexibility index (Phi) is 6.29. The lowest BCUT2D eigenvalue weighted by atomic mass is 10.1. The monoisotopic (exact) mass is 412 g/mol. The second-order valence-corrected chi connectivity index (χ2v) is 7.48. The van der Waals surface area contributed by atoms with Crippen LogP contribution in [0.4, 0.5) is 11.4 Å². The number of hydrogen-bond donors (Lipinski definition) is 1. The fourth-order valence-electron chi connectivity index (χ4n) is 3.52. The molecule has 9 heteroatoms. The average Bonchev–Trinajstić information content (AvgIpc) is 3.00. The van der Waals surface area contributed by atoms with Gasteiger partial charge in [-0.25, -0.2) is 0 Å². The first-order valence-corrected chi connectivity index (χ1v) is 9.84. The molecule has 3 rings (SSSR count). The minimum atomic E-state index is -0.658. The van der Waals surface area contributed by atoms with Crippen molar-refractivity contribution in [2.45, 2.75) is 32.6 Å². The molecule has 0 aliphatic carbocycles. The van der Waals surface area contributed by atoms with Crippen molar-refractivity contribution < 1.29 is 14.5 Å². The van der Waals surface area contributed by atoms with E-state index in [1.807, 2.05) is 0 Å². The summed E-state index contributed by atoms with van der Waals surface area (Å²) in [4.78, 5) is 50.3. The van der Waals surface area contributed by atoms with Gasteiger partial charge in [-0.05, 0) is 31.9 Å². The molecule has 0 unspecified atom stereocenters. The fraction of sp³-hybridized carbons (Fsp3) is 0.381. The predicted octanol–water partition coefficient (Wildman–Crippen LogP) is 2.87. The number of rotatable bonds is 4. The summed E-state index contributed by atoms with van der Waals surface area (Å²) >= 11 is 0. The molecule has 158 valence electrons. The van der Waals surface area contributed by atoms with Crippen LogP contribution in [0.3, 0.4) is 0 Å². The molecular weight excluding hydrogens is 388 g/mol. The van der Waals surface area contributed by atoms with Gasteiger partial charge >= 0.3 is 0 Å². The predicted molar refractivity (Wildman–Crippen MR) is 112 cm³/mol. The third kappa shape index (κ3) is 4.56. The van der Waals surface area contributed by atoms with Crippen LogP contribution < -0.4 is 10.9 Å². The maximum Gasteiger partial charge on any atom is 0.274 e. The normalized spacial score (nSPS) is 14.1. The first-order valence-electron chi connectivity index (χ1n) is 9.84. The Balaban J connectivity index is 1.88. The number of pyridine rings is 1. The minimum absolute atomic E-state index is 0.0496. The van der Waals surface area contributed by atoms with Crippen molar-refractivity contribution in [2.75, 3.05) is 18.4 Å². The lowest BCUT2D eigenvalue weighted by molar-refractivity contribution is -0.385. The van der Waals surface area contributed by atoms with E-state index in [1.165, 1.54) is 42.1 Å². The maximum atomic E-state index is 12.9. The molecule has 0 spiro atoms. The summed E-state index contributed by atoms with van der Waals surface area (Å²) in [6.45, 7) is 2.90. The highest BCUT2D eigenvalue weighted by molar-refractivity contribution is 6.05. The van der Waals surface area contributed by atoms with Crippen molar-refractivity contribution >= 4 is 23.2 Å². The van der Waals surface area contributed by atoms with Crippen molar-refractivity contribution in [3.05, 3.63) is 67.6 Å². The summed E-state index contributed by atoms with van der Waals surface area (Å²) in [5, 5.41) is 13.6. The number of nitrogens with zero attached hydrogens (tertiary/aromatic N) is 3. The molecule has 0 radical (unpaired) electrons. The molecule has 9 nitrogen and oxygen atoms in total. The molecule has 1 N–H and O–H groups in total. The Hall–Kier alpha value is -3.49. The molecule has 1 aromatic carbocycles. The third-order valence-corrected chi connectivity index (χ3v) is 5.24. The highest BCUT2D eigenvalue weighted by Gasteiger charge is 2.21. The van der Waals surface area contributed by atoms with E-state index in [1.54, 1.807) is 11.8 Å². The van der Waals surface area contributed by atoms with Crippen LogP contribution in [0.5, 0.6) is 0 Å². The smallest absolute Gasteiger partial charge is 0.274 e. The van der Waals surface area contributed by atoms with Crippen molar-refractivity contribution in [3.8, 4) is 0 Å². The first kappa shape index (κ1) is 21.2. The van der Waals surface area contributed by atoms with E-state index in [-0.39, 0.29) is 22.8 Å². The zero-order valence-corrected chi connectivity index (χ0v) is 17.0. The third-order valence-electron chi connectivity index (χ3n) is 5.24. The highest BCUT2D eigenvalue weighted by Crippen LogP contribution is 2.20. The molecule has 0 bridgehead atoms. The Labute approximate surface area is 173 Å². The number of aryl methyl sites for hydroxylation is 2. The number of anilines is 1. The van der Waals surface area contributed by atoms with E-state index in [4.69, 9.17) is 0 Å². The number of benzene rings is 1. The van der Waals surface area contributed by atoms with Gasteiger partial charge in [0, 0.05) is 43.5 Å². The minimum Gasteiger partial charge on any atom is -0.339 e. The quantitative estimate of drug-likeness (QED) is 0.613. The molecule has 1 aliphatic rings. The molecule has 0 atom stereocenters. The van der Waals surface area contributed by atoms with Gasteiger partial charge in [0.25, 0.3) is 23.1 Å². The van der Waals surface area contributed by atoms with E-state index in [9.17, 15) is 24.5 Å². The number of nitro groups is 1. The Morgan fingerprint density at radius 2 is 1.73 bits per heavy atom. The van der Waals surface area contributed by atoms with Gasteiger partial charge in [0.05, 0.1) is 10.5 Å². The number of hydrogen-bond acceptors (Lipinski definition) is 5. The van der Waals surface area contributed by atoms with Gasteiger partial charge in [-0.15, -0.1) is 0 Å². The van der Waals surface area contributed by atoms with Crippen LogP contribution in [0.15, 0.2) is 35.3 Å². The summed E-state index contributed by atoms with van der Waals surface area (Å²) in [6, 6.07) is 5.47. The number of nitrogens with one attached hydrogen (secondary N) is 1. The maximum absolute atomic E-state index is 12.9. The first-order chi connectivity index (χ1) is 14.3. The Bertz CT molecular complexity index is 1050. The van der Waals surface area contributed by atoms with Crippen LogP contribution in [0.1, 0.15) is 52.0 Å². The second kappa shape index (κ2) is 8.89. The molecule has 1 aromatic heterocycles. The average molecular weight is 412 g/mol. The lowest BCUT2D eigenvalue weighted by Crippen LogP contribution is -2.33. The molecule has 0 saturated carbocycles. The standard InChI is InChI=1S/C21H24N4O5/c1-14-7-8-15(12-18(14)25(29)30)19(26)22-17-11-16(13-23(2)21(17)28)20(27)24-9-5-3-4-6-10-24/h7-8,11-13H,3-6,9-10H2,1-2H3,(H,22,26). The van der Waals surface area contributed by atoms with Crippen molar-refractivity contribution in [2.24, 2.45) is 7.05 Å². The molecule has 2 aromatic rings. The van der Waals surface area contributed by atoms with E-state index >= 15 is 0 Å². The largest absolute Gasteiger partial charge is 0.339 e. The van der Waals surface area contributed by atoms with E-state index in [0.29, 0.717) is 24.2 Å². The van der Waals surface area contributed by atoms with Crippen molar-refractivity contribution in [1.29, 1.82) is 0 Å². The van der Waals surface area contributed by atoms with Crippen molar-refractivity contribution in [1.82, 2.24) is 9.47 Å². The van der Waals surface area contributed by atoms with Crippen LogP contribution in [-0.4, -0.2) is 39.3 Å². The zero-order chi connectivity index (χ0) is 21.8. The van der Waals surface area contributed by atoms with Gasteiger partial charge in [-0.2, -0.15) is 0 Å². The topological polar surface area (TPSA) is 115 Å². The number of carbonyl (C=O) groups is 2. The van der Waals surface area contributed by atoms with Crippen LogP contribution in [-0.2, 0) is 7.05 Å². The van der Waals surface area contributed by atoms with Crippen LogP contribution in [0.25, 0.3) is 0 Å². The number of likely N-dealkylation sites (tertiary alicyclic amines) is 1. The van der Waals surface area contributed by atoms with Gasteiger partial charge in [0.2, 0.25) is 0 Å². The van der Waals surface area contributed by atoms with Crippen LogP contribution >= 0.6 is 0 Å². The van der Waals surface area contributed by atoms with Crippen molar-refractivity contribution in [3.63, 3.8) is 0 Å². The van der Waals surface area contributed by atoms with Gasteiger partial charge in [0.15, 0.2) is 0 Å². The van der Waals surface area contributed by atoms with Gasteiger partial charge in [-0.1, -0.05) is 18.9 Å². The molecule has 1 aliphatic heterocycles. The van der Waals surface area contributed by atoms with E-state index < -0.39 is 16.4 Å². The molecule has 2 amide bonds. The fourth-order valence-corrected chi connectivity index (χ4v) is 3.52. The number of carbonyl (C=O) groups excluding carboxylic acids is 2. The highest BCUT2D eigenvalue weighted by atomic mass is 16.6. The van der Waals surface area contributed by atoms with Gasteiger partial charge in [0.1, 0.15) is 5.69 Å². The Morgan fingerprint density at radius 3 is 2.37 bits per heavy atom. The Morgan fingerprint density at radius 1 is 1.07 bits per heavy atom. The summed E-state index contributed by atoms with van der Waals surface area (Å²) in [7, 11) is 1.51. The molecule has 1 saturated heterocycles. The zero-order valence-electron chi connectivity index (χ0n) is 17.0. The summed E-state index contributed by atoms with van der Waals surface area (Å²) in [5.41, 5.74) is 0.0877. The van der Waals surface area contributed by atoms with Gasteiger partial charge < -0.3 is 14.8 Å². The SMILES string of the molecule is Cc1ccc(C(=O)Nc2cc(C(=O)N3CCCCCC3)cn(C)c2=O)cc1[N+](=O)[O-]. The number of amides is 2. The van der Waals surface area contributed by atoms with Crippen LogP contribution in [0, 0.1) is 17.0 Å². The number of aromatic nitrogens is 1. The lowest BCUT2D eigenvalue weighted by Gasteiger charge is -2.21. The van der Waals surface area contributed by atoms with E-state index in [0.717, 1.165) is 25.7 Å². The van der Waals surface area contributed by atoms with E-state index in [2.05, 4.69) is 5.32 Å². The summed E-state index contributed by atoms with van der Waals surface area (Å²) < 4.78 is 1.25. The molecule has 1 fully saturated rings. The van der Waals surface area contributed by atoms with Crippen LogP contribution in [0.2, 0.25) is 0 Å².